The van der Waals surface area contributed by atoms with Gasteiger partial charge in [-0.2, -0.15) is 5.10 Å². The van der Waals surface area contributed by atoms with E-state index in [1.165, 1.54) is 18.3 Å². The molecule has 2 rings (SSSR count). The monoisotopic (exact) mass is 567 g/mol. The number of nitro groups is 2. The summed E-state index contributed by atoms with van der Waals surface area (Å²) in [5, 5.41) is 28.9. The molecule has 2 N–H and O–H groups in total. The molecule has 0 aliphatic heterocycles. The molecule has 25 heavy (non-hydrogen) atoms. The minimum Gasteiger partial charge on any atom is -0.386 e. The molecule has 0 fully saturated rings. The van der Waals surface area contributed by atoms with E-state index in [2.05, 4.69) is 61.0 Å². The van der Waals surface area contributed by atoms with Crippen molar-refractivity contribution in [3.05, 3.63) is 63.3 Å². The van der Waals surface area contributed by atoms with Crippen LogP contribution in [0.25, 0.3) is 0 Å². The lowest BCUT2D eigenvalue weighted by molar-refractivity contribution is -0.393. The number of hydrogen-bond donors (Lipinski definition) is 2. The second-order valence-corrected chi connectivity index (χ2v) is 7.02. The highest BCUT2D eigenvalue weighted by Gasteiger charge is 2.19. The number of nitrogens with zero attached hydrogens (tertiary/aromatic N) is 3. The molecule has 0 saturated heterocycles. The molecule has 0 aliphatic rings. The molecule has 130 valence electrons. The summed E-state index contributed by atoms with van der Waals surface area (Å²) in [7, 11) is 1.84. The number of anilines is 2. The van der Waals surface area contributed by atoms with Crippen molar-refractivity contribution < 1.29 is 9.85 Å². The first-order valence-corrected chi connectivity index (χ1v) is 8.88. The van der Waals surface area contributed by atoms with Gasteiger partial charge in [0.15, 0.2) is 0 Å². The lowest BCUT2D eigenvalue weighted by Gasteiger charge is -2.07. The standard InChI is InChI=1S/C14H11I2N5O4/c1-17-14-10(15)4-8(5-11(14)16)7-18-19-12-3-2-9(20(22)23)6-13(12)21(24)25/h2-7,17,19H,1H3/b18-7-. The van der Waals surface area contributed by atoms with E-state index >= 15 is 0 Å². The Bertz CT molecular complexity index is 849. The first-order chi connectivity index (χ1) is 11.8. The van der Waals surface area contributed by atoms with Crippen LogP contribution in [0.3, 0.4) is 0 Å². The number of halogens is 2. The molecule has 0 atom stereocenters. The van der Waals surface area contributed by atoms with Crippen molar-refractivity contribution in [1.29, 1.82) is 0 Å². The van der Waals surface area contributed by atoms with Gasteiger partial charge in [-0.05, 0) is 68.9 Å². The summed E-state index contributed by atoms with van der Waals surface area (Å²) < 4.78 is 2.02. The Balaban J connectivity index is 2.25. The Labute approximate surface area is 169 Å². The van der Waals surface area contributed by atoms with Crippen LogP contribution >= 0.6 is 45.2 Å². The van der Waals surface area contributed by atoms with Gasteiger partial charge in [-0.3, -0.25) is 25.7 Å². The van der Waals surface area contributed by atoms with Crippen molar-refractivity contribution >= 4 is 74.1 Å². The van der Waals surface area contributed by atoms with Gasteiger partial charge in [0.2, 0.25) is 0 Å². The molecule has 0 saturated carbocycles. The van der Waals surface area contributed by atoms with Crippen LogP contribution in [0.5, 0.6) is 0 Å². The predicted octanol–water partition coefficient (Wildman–Crippen LogP) is 4.20. The number of rotatable bonds is 6. The van der Waals surface area contributed by atoms with E-state index in [1.54, 1.807) is 0 Å². The SMILES string of the molecule is CNc1c(I)cc(/C=N\Nc2ccc([N+](=O)[O-])cc2[N+](=O)[O-])cc1I. The minimum absolute atomic E-state index is 0.0723. The smallest absolute Gasteiger partial charge is 0.301 e. The third kappa shape index (κ3) is 4.75. The van der Waals surface area contributed by atoms with Crippen LogP contribution in [0.2, 0.25) is 0 Å². The topological polar surface area (TPSA) is 123 Å². The zero-order valence-electron chi connectivity index (χ0n) is 12.7. The molecule has 0 aliphatic carbocycles. The molecule has 0 amide bonds. The lowest BCUT2D eigenvalue weighted by atomic mass is 10.2. The third-order valence-corrected chi connectivity index (χ3v) is 4.80. The number of non-ortho nitro benzene ring substituents is 1. The van der Waals surface area contributed by atoms with E-state index in [-0.39, 0.29) is 11.4 Å². The van der Waals surface area contributed by atoms with Crippen LogP contribution in [0.15, 0.2) is 35.4 Å². The summed E-state index contributed by atoms with van der Waals surface area (Å²) >= 11 is 4.39. The van der Waals surface area contributed by atoms with Crippen molar-refractivity contribution in [3.8, 4) is 0 Å². The fourth-order valence-corrected chi connectivity index (χ4v) is 4.32. The molecule has 0 bridgehead atoms. The zero-order valence-corrected chi connectivity index (χ0v) is 17.0. The maximum atomic E-state index is 11.1. The van der Waals surface area contributed by atoms with Crippen LogP contribution in [-0.4, -0.2) is 23.1 Å². The number of nitro benzene ring substituents is 2. The molecule has 0 unspecified atom stereocenters. The van der Waals surface area contributed by atoms with E-state index in [9.17, 15) is 20.2 Å². The number of hydrogen-bond acceptors (Lipinski definition) is 7. The largest absolute Gasteiger partial charge is 0.386 e. The summed E-state index contributed by atoms with van der Waals surface area (Å²) in [4.78, 5) is 20.4. The van der Waals surface area contributed by atoms with Crippen LogP contribution in [0.4, 0.5) is 22.7 Å². The van der Waals surface area contributed by atoms with Gasteiger partial charge in [0, 0.05) is 20.3 Å². The predicted molar refractivity (Wildman–Crippen MR) is 112 cm³/mol. The summed E-state index contributed by atoms with van der Waals surface area (Å²) in [5.74, 6) is 0. The summed E-state index contributed by atoms with van der Waals surface area (Å²) in [6, 6.07) is 7.14. The average Bonchev–Trinajstić information content (AvgIpc) is 2.54. The molecule has 0 heterocycles. The average molecular weight is 567 g/mol. The van der Waals surface area contributed by atoms with Crippen LogP contribution < -0.4 is 10.7 Å². The van der Waals surface area contributed by atoms with Gasteiger partial charge in [0.05, 0.1) is 27.8 Å². The van der Waals surface area contributed by atoms with Gasteiger partial charge >= 0.3 is 5.69 Å². The number of hydrazone groups is 1. The highest BCUT2D eigenvalue weighted by atomic mass is 127. The molecule has 9 nitrogen and oxygen atoms in total. The Kier molecular flexibility index (Phi) is 6.46. The second-order valence-electron chi connectivity index (χ2n) is 4.70. The maximum Gasteiger partial charge on any atom is 0.301 e. The molecule has 2 aromatic rings. The van der Waals surface area contributed by atoms with Crippen LogP contribution in [0.1, 0.15) is 5.56 Å². The molecule has 0 radical (unpaired) electrons. The Morgan fingerprint density at radius 3 is 2.24 bits per heavy atom. The molecule has 0 spiro atoms. The Morgan fingerprint density at radius 1 is 1.08 bits per heavy atom. The number of benzene rings is 2. The Hall–Kier alpha value is -2.03. The lowest BCUT2D eigenvalue weighted by Crippen LogP contribution is -2.00. The fraction of sp³-hybridized carbons (Fsp3) is 0.0714. The second kappa shape index (κ2) is 8.37. The van der Waals surface area contributed by atoms with Gasteiger partial charge < -0.3 is 5.32 Å². The van der Waals surface area contributed by atoms with Gasteiger partial charge in [0.1, 0.15) is 5.69 Å². The first kappa shape index (κ1) is 19.3. The van der Waals surface area contributed by atoms with E-state index < -0.39 is 15.5 Å². The van der Waals surface area contributed by atoms with E-state index in [0.29, 0.717) is 0 Å². The van der Waals surface area contributed by atoms with Crippen molar-refractivity contribution in [2.45, 2.75) is 0 Å². The minimum atomic E-state index is -0.696. The van der Waals surface area contributed by atoms with Crippen molar-refractivity contribution in [3.63, 3.8) is 0 Å². The molecule has 2 aromatic carbocycles. The quantitative estimate of drug-likeness (QED) is 0.234. The van der Waals surface area contributed by atoms with Crippen molar-refractivity contribution in [2.75, 3.05) is 17.8 Å². The first-order valence-electron chi connectivity index (χ1n) is 6.72. The van der Waals surface area contributed by atoms with Gasteiger partial charge in [-0.1, -0.05) is 0 Å². The molecule has 0 aromatic heterocycles. The summed E-state index contributed by atoms with van der Waals surface area (Å²) in [5.41, 5.74) is 3.69. The fourth-order valence-electron chi connectivity index (χ4n) is 1.96. The van der Waals surface area contributed by atoms with Crippen LogP contribution in [0, 0.1) is 27.4 Å². The highest BCUT2D eigenvalue weighted by molar-refractivity contribution is 14.1. The summed E-state index contributed by atoms with van der Waals surface area (Å²) in [6.07, 6.45) is 1.52. The molecular formula is C14H11I2N5O4. The van der Waals surface area contributed by atoms with E-state index in [0.717, 1.165) is 24.5 Å². The summed E-state index contributed by atoms with van der Waals surface area (Å²) in [6.45, 7) is 0. The van der Waals surface area contributed by atoms with E-state index in [1.807, 2.05) is 19.2 Å². The zero-order chi connectivity index (χ0) is 18.6. The molecular weight excluding hydrogens is 556 g/mol. The van der Waals surface area contributed by atoms with Gasteiger partial charge in [0.25, 0.3) is 5.69 Å². The van der Waals surface area contributed by atoms with Gasteiger partial charge in [-0.25, -0.2) is 0 Å². The highest BCUT2D eigenvalue weighted by Crippen LogP contribution is 2.29. The van der Waals surface area contributed by atoms with Gasteiger partial charge in [-0.15, -0.1) is 0 Å². The number of nitrogens with one attached hydrogen (secondary N) is 2. The normalized spacial score (nSPS) is 10.7. The Morgan fingerprint density at radius 2 is 1.72 bits per heavy atom. The van der Waals surface area contributed by atoms with E-state index in [4.69, 9.17) is 0 Å². The van der Waals surface area contributed by atoms with Crippen molar-refractivity contribution in [2.24, 2.45) is 5.10 Å². The van der Waals surface area contributed by atoms with Crippen molar-refractivity contribution in [1.82, 2.24) is 0 Å². The third-order valence-electron chi connectivity index (χ3n) is 3.10. The van der Waals surface area contributed by atoms with Crippen LogP contribution in [-0.2, 0) is 0 Å². The molecule has 11 heteroatoms. The maximum absolute atomic E-state index is 11.1.